The summed E-state index contributed by atoms with van der Waals surface area (Å²) in [5, 5.41) is 2.80. The Morgan fingerprint density at radius 2 is 2.18 bits per heavy atom. The molecular weight excluding hydrogens is 331 g/mol. The summed E-state index contributed by atoms with van der Waals surface area (Å²) in [7, 11) is 0. The quantitative estimate of drug-likeness (QED) is 0.861. The lowest BCUT2D eigenvalue weighted by Crippen LogP contribution is -2.15. The van der Waals surface area contributed by atoms with Crippen molar-refractivity contribution in [3.8, 4) is 0 Å². The van der Waals surface area contributed by atoms with E-state index in [0.717, 1.165) is 23.7 Å². The topological polar surface area (TPSA) is 68.3 Å². The molecule has 0 aliphatic rings. The molecule has 2 aromatic rings. The molecule has 116 valence electrons. The molecule has 0 aliphatic heterocycles. The Balaban J connectivity index is 2.27. The van der Waals surface area contributed by atoms with Gasteiger partial charge in [0.25, 0.3) is 5.91 Å². The molecule has 22 heavy (non-hydrogen) atoms. The van der Waals surface area contributed by atoms with Crippen molar-refractivity contribution in [1.82, 2.24) is 4.37 Å². The first-order valence-electron chi connectivity index (χ1n) is 6.33. The van der Waals surface area contributed by atoms with Crippen molar-refractivity contribution >= 4 is 40.0 Å². The van der Waals surface area contributed by atoms with E-state index < -0.39 is 17.7 Å². The first-order valence-corrected chi connectivity index (χ1v) is 7.49. The van der Waals surface area contributed by atoms with Crippen molar-refractivity contribution in [2.45, 2.75) is 13.8 Å². The third-order valence-corrected chi connectivity index (χ3v) is 3.91. The van der Waals surface area contributed by atoms with E-state index in [1.54, 1.807) is 13.8 Å². The van der Waals surface area contributed by atoms with Crippen LogP contribution in [0.3, 0.4) is 0 Å². The number of anilines is 1. The zero-order valence-electron chi connectivity index (χ0n) is 11.8. The van der Waals surface area contributed by atoms with Crippen molar-refractivity contribution in [2.75, 3.05) is 11.9 Å². The highest BCUT2D eigenvalue weighted by Gasteiger charge is 2.22. The number of carbonyl (C=O) groups excluding carboxylic acids is 2. The zero-order valence-corrected chi connectivity index (χ0v) is 13.3. The maximum absolute atomic E-state index is 13.0. The Morgan fingerprint density at radius 3 is 2.82 bits per heavy atom. The highest BCUT2D eigenvalue weighted by atomic mass is 35.5. The van der Waals surface area contributed by atoms with Crippen LogP contribution in [0.5, 0.6) is 0 Å². The summed E-state index contributed by atoms with van der Waals surface area (Å²) in [4.78, 5) is 24.1. The number of aromatic nitrogens is 1. The lowest BCUT2D eigenvalue weighted by Gasteiger charge is -2.07. The molecule has 0 bridgehead atoms. The summed E-state index contributed by atoms with van der Waals surface area (Å²) in [6.45, 7) is 3.54. The van der Waals surface area contributed by atoms with Gasteiger partial charge in [0.2, 0.25) is 0 Å². The van der Waals surface area contributed by atoms with Crippen LogP contribution in [0.15, 0.2) is 18.2 Å². The number of nitrogens with zero attached hydrogens (tertiary/aromatic N) is 1. The Labute approximate surface area is 135 Å². The van der Waals surface area contributed by atoms with Crippen molar-refractivity contribution in [3.63, 3.8) is 0 Å². The van der Waals surface area contributed by atoms with Gasteiger partial charge in [0, 0.05) is 0 Å². The number of rotatable bonds is 4. The molecule has 0 aliphatic carbocycles. The van der Waals surface area contributed by atoms with Gasteiger partial charge < -0.3 is 10.1 Å². The van der Waals surface area contributed by atoms with E-state index >= 15 is 0 Å². The van der Waals surface area contributed by atoms with Gasteiger partial charge in [0.15, 0.2) is 0 Å². The van der Waals surface area contributed by atoms with Crippen LogP contribution in [0.1, 0.15) is 33.3 Å². The van der Waals surface area contributed by atoms with Crippen LogP contribution in [0.4, 0.5) is 9.39 Å². The minimum atomic E-state index is -0.561. The van der Waals surface area contributed by atoms with Gasteiger partial charge in [-0.05, 0) is 43.6 Å². The number of nitrogens with one attached hydrogen (secondary N) is 1. The van der Waals surface area contributed by atoms with Crippen LogP contribution in [0.2, 0.25) is 5.02 Å². The van der Waals surface area contributed by atoms with Crippen LogP contribution in [-0.4, -0.2) is 22.9 Å². The predicted octanol–water partition coefficient (Wildman–Crippen LogP) is 3.67. The number of hydrogen-bond donors (Lipinski definition) is 1. The number of halogens is 2. The summed E-state index contributed by atoms with van der Waals surface area (Å²) in [5.74, 6) is -1.66. The lowest BCUT2D eigenvalue weighted by atomic mass is 10.2. The fourth-order valence-electron chi connectivity index (χ4n) is 1.74. The Kier molecular flexibility index (Phi) is 5.10. The van der Waals surface area contributed by atoms with Crippen molar-refractivity contribution in [3.05, 3.63) is 45.9 Å². The zero-order chi connectivity index (χ0) is 16.3. The molecular formula is C14H12ClFN2O3S. The van der Waals surface area contributed by atoms with E-state index in [1.807, 2.05) is 0 Å². The average molecular weight is 343 g/mol. The first-order chi connectivity index (χ1) is 10.4. The van der Waals surface area contributed by atoms with Crippen LogP contribution in [0, 0.1) is 12.7 Å². The Morgan fingerprint density at radius 1 is 1.45 bits per heavy atom. The fourth-order valence-corrected chi connectivity index (χ4v) is 2.78. The standard InChI is InChI=1S/C14H12ClFN2O3S/c1-3-21-14(20)11-7(2)18-22-13(11)17-12(19)9-5-4-8(16)6-10(9)15/h4-6H,3H2,1-2H3,(H,17,19). The largest absolute Gasteiger partial charge is 0.462 e. The van der Waals surface area contributed by atoms with Gasteiger partial charge in [0.05, 0.1) is 22.9 Å². The minimum Gasteiger partial charge on any atom is -0.462 e. The molecule has 0 radical (unpaired) electrons. The monoisotopic (exact) mass is 342 g/mol. The third kappa shape index (κ3) is 3.42. The van der Waals surface area contributed by atoms with Gasteiger partial charge in [-0.15, -0.1) is 0 Å². The third-order valence-electron chi connectivity index (χ3n) is 2.75. The molecule has 1 aromatic heterocycles. The average Bonchev–Trinajstić information content (AvgIpc) is 2.79. The van der Waals surface area contributed by atoms with E-state index in [0.29, 0.717) is 5.69 Å². The van der Waals surface area contributed by atoms with Crippen LogP contribution >= 0.6 is 23.1 Å². The molecule has 5 nitrogen and oxygen atoms in total. The molecule has 2 rings (SSSR count). The number of esters is 1. The van der Waals surface area contributed by atoms with E-state index in [9.17, 15) is 14.0 Å². The maximum atomic E-state index is 13.0. The summed E-state index contributed by atoms with van der Waals surface area (Å²) in [6, 6.07) is 3.44. The van der Waals surface area contributed by atoms with Crippen LogP contribution in [-0.2, 0) is 4.74 Å². The van der Waals surface area contributed by atoms with E-state index in [-0.39, 0.29) is 27.8 Å². The molecule has 1 N–H and O–H groups in total. The minimum absolute atomic E-state index is 0.0172. The van der Waals surface area contributed by atoms with E-state index in [1.165, 1.54) is 6.07 Å². The molecule has 0 fully saturated rings. The SMILES string of the molecule is CCOC(=O)c1c(C)nsc1NC(=O)c1ccc(F)cc1Cl. The second-order valence-electron chi connectivity index (χ2n) is 4.27. The molecule has 1 heterocycles. The smallest absolute Gasteiger partial charge is 0.343 e. The van der Waals surface area contributed by atoms with Gasteiger partial charge in [-0.1, -0.05) is 11.6 Å². The molecule has 0 unspecified atom stereocenters. The number of carbonyl (C=O) groups is 2. The van der Waals surface area contributed by atoms with Crippen LogP contribution < -0.4 is 5.32 Å². The van der Waals surface area contributed by atoms with Crippen molar-refractivity contribution in [1.29, 1.82) is 0 Å². The molecule has 0 saturated carbocycles. The number of aryl methyl sites for hydroxylation is 1. The second kappa shape index (κ2) is 6.85. The van der Waals surface area contributed by atoms with Crippen molar-refractivity contribution in [2.24, 2.45) is 0 Å². The highest BCUT2D eigenvalue weighted by Crippen LogP contribution is 2.27. The summed E-state index contributed by atoms with van der Waals surface area (Å²) >= 11 is 6.81. The Bertz CT molecular complexity index is 733. The number of ether oxygens (including phenoxy) is 1. The number of benzene rings is 1. The summed E-state index contributed by atoms with van der Waals surface area (Å²) < 4.78 is 22.0. The lowest BCUT2D eigenvalue weighted by molar-refractivity contribution is 0.0527. The molecule has 8 heteroatoms. The molecule has 1 amide bonds. The fraction of sp³-hybridized carbons (Fsp3) is 0.214. The summed E-state index contributed by atoms with van der Waals surface area (Å²) in [5.41, 5.74) is 0.770. The predicted molar refractivity (Wildman–Crippen MR) is 82.2 cm³/mol. The van der Waals surface area contributed by atoms with Crippen molar-refractivity contribution < 1.29 is 18.7 Å². The van der Waals surface area contributed by atoms with Gasteiger partial charge >= 0.3 is 5.97 Å². The van der Waals surface area contributed by atoms with Gasteiger partial charge in [-0.3, -0.25) is 4.79 Å². The number of hydrogen-bond acceptors (Lipinski definition) is 5. The van der Waals surface area contributed by atoms with E-state index in [4.69, 9.17) is 16.3 Å². The van der Waals surface area contributed by atoms with Gasteiger partial charge in [0.1, 0.15) is 16.4 Å². The second-order valence-corrected chi connectivity index (χ2v) is 5.45. The highest BCUT2D eigenvalue weighted by molar-refractivity contribution is 7.11. The maximum Gasteiger partial charge on any atom is 0.343 e. The number of amides is 1. The summed E-state index contributed by atoms with van der Waals surface area (Å²) in [6.07, 6.45) is 0. The molecule has 0 saturated heterocycles. The normalized spacial score (nSPS) is 10.4. The molecule has 1 aromatic carbocycles. The van der Waals surface area contributed by atoms with Gasteiger partial charge in [-0.25, -0.2) is 9.18 Å². The van der Waals surface area contributed by atoms with Crippen LogP contribution in [0.25, 0.3) is 0 Å². The molecule has 0 atom stereocenters. The molecule has 0 spiro atoms. The first kappa shape index (κ1) is 16.4. The Hall–Kier alpha value is -1.99. The van der Waals surface area contributed by atoms with Gasteiger partial charge in [-0.2, -0.15) is 4.37 Å². The van der Waals surface area contributed by atoms with E-state index in [2.05, 4.69) is 9.69 Å².